The number of hydrogen-bond acceptors (Lipinski definition) is 5. The van der Waals surface area contributed by atoms with Crippen LogP contribution in [0.3, 0.4) is 0 Å². The fourth-order valence-electron chi connectivity index (χ4n) is 3.74. The second-order valence-electron chi connectivity index (χ2n) is 8.59. The standard InChI is InChI=1S/C25H29NO5/c1-25(2,3)18-11-9-16(10-12-18)21-20(23(28)24(29)26(21)13-14-30-4)22(27)17-7-6-8-19(15-17)31-5/h6-12,15,21,27H,13-14H2,1-5H3/b22-20+. The Balaban J connectivity index is 2.15. The van der Waals surface area contributed by atoms with E-state index in [1.54, 1.807) is 31.4 Å². The minimum absolute atomic E-state index is 0.0308. The number of carbonyl (C=O) groups excluding carboxylic acids is 2. The van der Waals surface area contributed by atoms with Gasteiger partial charge in [0.2, 0.25) is 0 Å². The molecule has 1 heterocycles. The Bertz CT molecular complexity index is 1000. The molecule has 0 aliphatic carbocycles. The average Bonchev–Trinajstić information content (AvgIpc) is 3.01. The molecule has 1 aliphatic rings. The second kappa shape index (κ2) is 8.94. The maximum atomic E-state index is 13.0. The Kier molecular flexibility index (Phi) is 6.51. The van der Waals surface area contributed by atoms with Gasteiger partial charge in [-0.15, -0.1) is 0 Å². The quantitative estimate of drug-likeness (QED) is 0.431. The van der Waals surface area contributed by atoms with E-state index in [4.69, 9.17) is 9.47 Å². The van der Waals surface area contributed by atoms with E-state index >= 15 is 0 Å². The number of hydrogen-bond donors (Lipinski definition) is 1. The summed E-state index contributed by atoms with van der Waals surface area (Å²) in [4.78, 5) is 27.3. The number of carbonyl (C=O) groups is 2. The number of methoxy groups -OCH3 is 2. The third-order valence-corrected chi connectivity index (χ3v) is 5.51. The van der Waals surface area contributed by atoms with Crippen LogP contribution in [-0.4, -0.2) is 49.1 Å². The number of Topliss-reactive ketones (excluding diaryl/α,β-unsaturated/α-hetero) is 1. The molecular formula is C25H29NO5. The van der Waals surface area contributed by atoms with E-state index < -0.39 is 17.7 Å². The molecule has 1 aliphatic heterocycles. The van der Waals surface area contributed by atoms with Crippen LogP contribution in [0.4, 0.5) is 0 Å². The van der Waals surface area contributed by atoms with Crippen molar-refractivity contribution in [1.29, 1.82) is 0 Å². The first-order valence-electron chi connectivity index (χ1n) is 10.2. The van der Waals surface area contributed by atoms with Crippen LogP contribution < -0.4 is 4.74 Å². The topological polar surface area (TPSA) is 76.1 Å². The molecule has 3 rings (SSSR count). The van der Waals surface area contributed by atoms with Crippen LogP contribution in [0.15, 0.2) is 54.1 Å². The summed E-state index contributed by atoms with van der Waals surface area (Å²) < 4.78 is 10.4. The number of amides is 1. The molecule has 1 N–H and O–H groups in total. The van der Waals surface area contributed by atoms with Gasteiger partial charge in [0.25, 0.3) is 11.7 Å². The predicted octanol–water partition coefficient (Wildman–Crippen LogP) is 4.06. The van der Waals surface area contributed by atoms with E-state index in [-0.39, 0.29) is 29.9 Å². The second-order valence-corrected chi connectivity index (χ2v) is 8.59. The van der Waals surface area contributed by atoms with Gasteiger partial charge in [-0.25, -0.2) is 0 Å². The molecule has 2 aromatic rings. The van der Waals surface area contributed by atoms with Gasteiger partial charge in [0.05, 0.1) is 25.3 Å². The van der Waals surface area contributed by atoms with Crippen molar-refractivity contribution in [2.75, 3.05) is 27.4 Å². The number of aliphatic hydroxyl groups excluding tert-OH is 1. The molecule has 2 aromatic carbocycles. The summed E-state index contributed by atoms with van der Waals surface area (Å²) in [6.45, 7) is 6.88. The third-order valence-electron chi connectivity index (χ3n) is 5.51. The molecule has 1 atom stereocenters. The van der Waals surface area contributed by atoms with Crippen molar-refractivity contribution in [3.63, 3.8) is 0 Å². The van der Waals surface area contributed by atoms with E-state index in [0.29, 0.717) is 11.3 Å². The van der Waals surface area contributed by atoms with Crippen molar-refractivity contribution in [2.24, 2.45) is 0 Å². The van der Waals surface area contributed by atoms with E-state index in [1.807, 2.05) is 24.3 Å². The highest BCUT2D eigenvalue weighted by molar-refractivity contribution is 6.46. The Morgan fingerprint density at radius 2 is 1.74 bits per heavy atom. The summed E-state index contributed by atoms with van der Waals surface area (Å²) in [5, 5.41) is 11.1. The number of likely N-dealkylation sites (tertiary alicyclic amines) is 1. The fraction of sp³-hybridized carbons (Fsp3) is 0.360. The van der Waals surface area contributed by atoms with Crippen LogP contribution in [-0.2, 0) is 19.7 Å². The molecule has 1 fully saturated rings. The van der Waals surface area contributed by atoms with Crippen LogP contribution in [0.5, 0.6) is 5.75 Å². The number of aliphatic hydroxyl groups is 1. The number of rotatable bonds is 6. The molecule has 6 nitrogen and oxygen atoms in total. The van der Waals surface area contributed by atoms with Gasteiger partial charge < -0.3 is 19.5 Å². The van der Waals surface area contributed by atoms with Gasteiger partial charge in [0, 0.05) is 19.2 Å². The normalized spacial score (nSPS) is 18.5. The number of benzene rings is 2. The van der Waals surface area contributed by atoms with E-state index in [9.17, 15) is 14.7 Å². The predicted molar refractivity (Wildman–Crippen MR) is 119 cm³/mol. The monoisotopic (exact) mass is 423 g/mol. The zero-order valence-corrected chi connectivity index (χ0v) is 18.6. The molecule has 0 saturated carbocycles. The van der Waals surface area contributed by atoms with Crippen molar-refractivity contribution in [3.05, 3.63) is 70.8 Å². The van der Waals surface area contributed by atoms with Crippen LogP contribution in [0, 0.1) is 0 Å². The van der Waals surface area contributed by atoms with Gasteiger partial charge in [-0.3, -0.25) is 9.59 Å². The summed E-state index contributed by atoms with van der Waals surface area (Å²) in [5.74, 6) is -1.03. The lowest BCUT2D eigenvalue weighted by molar-refractivity contribution is -0.140. The highest BCUT2D eigenvalue weighted by Crippen LogP contribution is 2.40. The highest BCUT2D eigenvalue weighted by atomic mass is 16.5. The molecule has 1 amide bonds. The maximum Gasteiger partial charge on any atom is 0.295 e. The Hall–Kier alpha value is -3.12. The molecule has 1 unspecified atom stereocenters. The largest absolute Gasteiger partial charge is 0.507 e. The molecule has 164 valence electrons. The molecule has 0 bridgehead atoms. The SMILES string of the molecule is COCCN1C(=O)C(=O)/C(=C(/O)c2cccc(OC)c2)C1c1ccc(C(C)(C)C)cc1. The Morgan fingerprint density at radius 1 is 1.06 bits per heavy atom. The molecule has 6 heteroatoms. The van der Waals surface area contributed by atoms with Gasteiger partial charge in [-0.05, 0) is 28.7 Å². The van der Waals surface area contributed by atoms with Crippen LogP contribution in [0.2, 0.25) is 0 Å². The minimum atomic E-state index is -0.707. The van der Waals surface area contributed by atoms with E-state index in [0.717, 1.165) is 11.1 Å². The van der Waals surface area contributed by atoms with Crippen molar-refractivity contribution in [2.45, 2.75) is 32.2 Å². The van der Waals surface area contributed by atoms with E-state index in [2.05, 4.69) is 20.8 Å². The Labute approximate surface area is 183 Å². The smallest absolute Gasteiger partial charge is 0.295 e. The first kappa shape index (κ1) is 22.6. The first-order valence-corrected chi connectivity index (χ1v) is 10.2. The fourth-order valence-corrected chi connectivity index (χ4v) is 3.74. The Morgan fingerprint density at radius 3 is 2.32 bits per heavy atom. The zero-order chi connectivity index (χ0) is 22.8. The van der Waals surface area contributed by atoms with Gasteiger partial charge in [0.1, 0.15) is 11.5 Å². The number of ketones is 1. The summed E-state index contributed by atoms with van der Waals surface area (Å²) in [6, 6.07) is 13.9. The summed E-state index contributed by atoms with van der Waals surface area (Å²) >= 11 is 0. The first-order chi connectivity index (χ1) is 14.7. The lowest BCUT2D eigenvalue weighted by Gasteiger charge is -2.26. The number of nitrogens with zero attached hydrogens (tertiary/aromatic N) is 1. The van der Waals surface area contributed by atoms with Crippen LogP contribution >= 0.6 is 0 Å². The lowest BCUT2D eigenvalue weighted by Crippen LogP contribution is -2.32. The van der Waals surface area contributed by atoms with Gasteiger partial charge in [-0.2, -0.15) is 0 Å². The lowest BCUT2D eigenvalue weighted by atomic mass is 9.85. The molecular weight excluding hydrogens is 394 g/mol. The van der Waals surface area contributed by atoms with Crippen molar-refractivity contribution in [3.8, 4) is 5.75 Å². The van der Waals surface area contributed by atoms with Gasteiger partial charge >= 0.3 is 0 Å². The van der Waals surface area contributed by atoms with Crippen LogP contribution in [0.1, 0.15) is 43.5 Å². The average molecular weight is 424 g/mol. The van der Waals surface area contributed by atoms with Gasteiger partial charge in [0.15, 0.2) is 0 Å². The molecule has 0 spiro atoms. The van der Waals surface area contributed by atoms with E-state index in [1.165, 1.54) is 12.0 Å². The summed E-state index contributed by atoms with van der Waals surface area (Å²) in [6.07, 6.45) is 0. The summed E-state index contributed by atoms with van der Waals surface area (Å²) in [7, 11) is 3.07. The van der Waals surface area contributed by atoms with Crippen LogP contribution in [0.25, 0.3) is 5.76 Å². The molecule has 31 heavy (non-hydrogen) atoms. The third kappa shape index (κ3) is 4.49. The summed E-state index contributed by atoms with van der Waals surface area (Å²) in [5.41, 5.74) is 2.35. The molecule has 1 saturated heterocycles. The molecule has 0 aromatic heterocycles. The van der Waals surface area contributed by atoms with Gasteiger partial charge in [-0.1, -0.05) is 57.2 Å². The van der Waals surface area contributed by atoms with Crippen molar-refractivity contribution < 1.29 is 24.2 Å². The maximum absolute atomic E-state index is 13.0. The minimum Gasteiger partial charge on any atom is -0.507 e. The zero-order valence-electron chi connectivity index (χ0n) is 18.6. The number of ether oxygens (including phenoxy) is 2. The van der Waals surface area contributed by atoms with Crippen molar-refractivity contribution in [1.82, 2.24) is 4.90 Å². The highest BCUT2D eigenvalue weighted by Gasteiger charge is 2.45. The molecule has 0 radical (unpaired) electrons. The van der Waals surface area contributed by atoms with Crippen molar-refractivity contribution >= 4 is 17.4 Å².